The number of alkyl halides is 1. The molecule has 0 spiro atoms. The molecule has 0 aliphatic carbocycles. The van der Waals surface area contributed by atoms with Crippen molar-refractivity contribution in [1.29, 1.82) is 0 Å². The zero-order valence-electron chi connectivity index (χ0n) is 24.1. The number of halogens is 3. The van der Waals surface area contributed by atoms with E-state index in [4.69, 9.17) is 23.2 Å². The van der Waals surface area contributed by atoms with Crippen LogP contribution in [0.25, 0.3) is 0 Å². The summed E-state index contributed by atoms with van der Waals surface area (Å²) in [7, 11) is 1.96. The minimum atomic E-state index is -0.864. The molecule has 1 fully saturated rings. The monoisotopic (exact) mass is 610 g/mol. The van der Waals surface area contributed by atoms with Crippen LogP contribution in [0.1, 0.15) is 59.9 Å². The summed E-state index contributed by atoms with van der Waals surface area (Å²) in [5.74, 6) is -1.09. The zero-order valence-corrected chi connectivity index (χ0v) is 25.6. The molecule has 0 bridgehead atoms. The van der Waals surface area contributed by atoms with Crippen LogP contribution in [0.15, 0.2) is 54.6 Å². The summed E-state index contributed by atoms with van der Waals surface area (Å²) < 4.78 is 13.9. The summed E-state index contributed by atoms with van der Waals surface area (Å²) >= 11 is 13.0. The van der Waals surface area contributed by atoms with Gasteiger partial charge in [-0.1, -0.05) is 67.6 Å². The fourth-order valence-electron chi connectivity index (χ4n) is 4.57. The van der Waals surface area contributed by atoms with Gasteiger partial charge in [0.2, 0.25) is 5.91 Å². The molecule has 4 rings (SSSR count). The van der Waals surface area contributed by atoms with E-state index in [0.717, 1.165) is 5.46 Å². The molecule has 3 aromatic rings. The molecule has 1 aliphatic heterocycles. The molecule has 3 N–H and O–H groups in total. The average Bonchev–Trinajstić information content (AvgIpc) is 2.93. The van der Waals surface area contributed by atoms with E-state index >= 15 is 0 Å². The number of hydrogen-bond donors (Lipinski definition) is 3. The maximum Gasteiger partial charge on any atom is 0.258 e. The molecule has 0 unspecified atom stereocenters. The Hall–Kier alpha value is -3.56. The molecule has 42 heavy (non-hydrogen) atoms. The number of nitrogens with zero attached hydrogens (tertiary/aromatic N) is 1. The van der Waals surface area contributed by atoms with Gasteiger partial charge in [0.1, 0.15) is 14.0 Å². The van der Waals surface area contributed by atoms with Gasteiger partial charge in [0.25, 0.3) is 11.8 Å². The van der Waals surface area contributed by atoms with Gasteiger partial charge in [0.15, 0.2) is 0 Å². The molecule has 1 aliphatic rings. The van der Waals surface area contributed by atoms with Crippen LogP contribution in [0.5, 0.6) is 0 Å². The second-order valence-electron chi connectivity index (χ2n) is 11.5. The van der Waals surface area contributed by atoms with Crippen molar-refractivity contribution in [3.8, 4) is 0 Å². The summed E-state index contributed by atoms with van der Waals surface area (Å²) in [6, 6.07) is 15.7. The number of nitrogens with one attached hydrogen (secondary N) is 3. The highest BCUT2D eigenvalue weighted by Gasteiger charge is 2.25. The first-order chi connectivity index (χ1) is 19.8. The quantitative estimate of drug-likeness (QED) is 0.314. The summed E-state index contributed by atoms with van der Waals surface area (Å²) in [5, 5.41) is 8.82. The molecule has 1 heterocycles. The molecule has 0 atom stereocenters. The molecule has 11 heteroatoms. The fraction of sp³-hybridized carbons (Fsp3) is 0.323. The smallest absolute Gasteiger partial charge is 0.258 e. The molecular formula is C31H34BCl2FN4O3. The van der Waals surface area contributed by atoms with E-state index in [0.29, 0.717) is 54.1 Å². The number of carbonyl (C=O) groups excluding carboxylic acids is 3. The van der Waals surface area contributed by atoms with E-state index < -0.39 is 17.5 Å². The second-order valence-corrected chi connectivity index (χ2v) is 12.3. The number of hydrogen-bond acceptors (Lipinski definition) is 4. The van der Waals surface area contributed by atoms with Crippen LogP contribution in [0.3, 0.4) is 0 Å². The molecular weight excluding hydrogens is 577 g/mol. The first-order valence-corrected chi connectivity index (χ1v) is 14.6. The van der Waals surface area contributed by atoms with Crippen LogP contribution in [-0.4, -0.2) is 44.8 Å². The van der Waals surface area contributed by atoms with E-state index in [2.05, 4.69) is 16.0 Å². The SMILES string of the molecule is Bc1ccc(NC(=O)c2cc(NC(=O)c3c(Cl)ccc(CNC(=O)C(C)(C)C)c3Cl)ccc2N2CCC(F)CC2)cc1. The van der Waals surface area contributed by atoms with Crippen LogP contribution in [0.2, 0.25) is 10.0 Å². The Balaban J connectivity index is 1.60. The number of piperidine rings is 1. The van der Waals surface area contributed by atoms with Crippen LogP contribution in [0.4, 0.5) is 21.5 Å². The van der Waals surface area contributed by atoms with E-state index in [9.17, 15) is 18.8 Å². The van der Waals surface area contributed by atoms with Crippen LogP contribution in [0, 0.1) is 5.41 Å². The van der Waals surface area contributed by atoms with Gasteiger partial charge < -0.3 is 20.9 Å². The van der Waals surface area contributed by atoms with E-state index in [1.54, 1.807) is 51.1 Å². The lowest BCUT2D eigenvalue weighted by molar-refractivity contribution is -0.128. The third kappa shape index (κ3) is 7.63. The topological polar surface area (TPSA) is 90.5 Å². The normalized spacial score (nSPS) is 13.9. The van der Waals surface area contributed by atoms with Crippen molar-refractivity contribution in [2.45, 2.75) is 46.3 Å². The van der Waals surface area contributed by atoms with E-state index in [1.165, 1.54) is 0 Å². The molecule has 7 nitrogen and oxygen atoms in total. The van der Waals surface area contributed by atoms with Gasteiger partial charge in [-0.2, -0.15) is 0 Å². The first kappa shape index (κ1) is 31.4. The minimum absolute atomic E-state index is 0.0561. The molecule has 0 radical (unpaired) electrons. The number of rotatable bonds is 7. The van der Waals surface area contributed by atoms with Crippen molar-refractivity contribution >= 4 is 71.3 Å². The van der Waals surface area contributed by atoms with Gasteiger partial charge in [-0.3, -0.25) is 14.4 Å². The predicted octanol–water partition coefficient (Wildman–Crippen LogP) is 5.36. The highest BCUT2D eigenvalue weighted by atomic mass is 35.5. The zero-order chi connectivity index (χ0) is 30.6. The Bertz CT molecular complexity index is 1490. The Morgan fingerprint density at radius 1 is 0.929 bits per heavy atom. The lowest BCUT2D eigenvalue weighted by Crippen LogP contribution is -2.35. The van der Waals surface area contributed by atoms with Gasteiger partial charge in [0.05, 0.1) is 21.2 Å². The summed E-state index contributed by atoms with van der Waals surface area (Å²) in [5.41, 5.74) is 3.04. The number of anilines is 3. The first-order valence-electron chi connectivity index (χ1n) is 13.8. The Morgan fingerprint density at radius 2 is 1.55 bits per heavy atom. The summed E-state index contributed by atoms with van der Waals surface area (Å²) in [6.07, 6.45) is -0.112. The van der Waals surface area contributed by atoms with Crippen molar-refractivity contribution in [1.82, 2.24) is 5.32 Å². The second kappa shape index (κ2) is 13.2. The van der Waals surface area contributed by atoms with Crippen molar-refractivity contribution in [2.75, 3.05) is 28.6 Å². The van der Waals surface area contributed by atoms with Gasteiger partial charge in [-0.25, -0.2) is 4.39 Å². The maximum absolute atomic E-state index is 13.9. The lowest BCUT2D eigenvalue weighted by atomic mass is 9.95. The molecule has 0 saturated carbocycles. The Kier molecular flexibility index (Phi) is 9.84. The molecule has 0 aromatic heterocycles. The third-order valence-electron chi connectivity index (χ3n) is 7.09. The fourth-order valence-corrected chi connectivity index (χ4v) is 5.18. The van der Waals surface area contributed by atoms with E-state index in [-0.39, 0.29) is 34.0 Å². The highest BCUT2D eigenvalue weighted by molar-refractivity contribution is 6.41. The largest absolute Gasteiger partial charge is 0.371 e. The van der Waals surface area contributed by atoms with E-state index in [1.807, 2.05) is 37.0 Å². The van der Waals surface area contributed by atoms with Crippen molar-refractivity contribution in [3.05, 3.63) is 81.3 Å². The molecule has 220 valence electrons. The average molecular weight is 611 g/mol. The highest BCUT2D eigenvalue weighted by Crippen LogP contribution is 2.32. The van der Waals surface area contributed by atoms with Crippen LogP contribution >= 0.6 is 23.2 Å². The molecule has 1 saturated heterocycles. The van der Waals surface area contributed by atoms with Crippen LogP contribution in [-0.2, 0) is 11.3 Å². The summed E-state index contributed by atoms with van der Waals surface area (Å²) in [6.45, 7) is 6.47. The number of amides is 3. The van der Waals surface area contributed by atoms with Crippen LogP contribution < -0.4 is 26.3 Å². The lowest BCUT2D eigenvalue weighted by Gasteiger charge is -2.32. The Labute approximate surface area is 256 Å². The number of benzene rings is 3. The van der Waals surface area contributed by atoms with Crippen molar-refractivity contribution in [3.63, 3.8) is 0 Å². The van der Waals surface area contributed by atoms with Crippen molar-refractivity contribution < 1.29 is 18.8 Å². The van der Waals surface area contributed by atoms with Gasteiger partial charge in [-0.05, 0) is 54.8 Å². The van der Waals surface area contributed by atoms with Gasteiger partial charge >= 0.3 is 0 Å². The van der Waals surface area contributed by atoms with Gasteiger partial charge in [-0.15, -0.1) is 0 Å². The summed E-state index contributed by atoms with van der Waals surface area (Å²) in [4.78, 5) is 41.2. The number of carbonyl (C=O) groups is 3. The third-order valence-corrected chi connectivity index (χ3v) is 7.84. The predicted molar refractivity (Wildman–Crippen MR) is 171 cm³/mol. The molecule has 3 aromatic carbocycles. The van der Waals surface area contributed by atoms with Crippen molar-refractivity contribution in [2.24, 2.45) is 5.41 Å². The minimum Gasteiger partial charge on any atom is -0.371 e. The standard InChI is InChI=1S/C31H34BCl2FN4O3/c1-31(2,3)30(42)36-17-18-4-10-24(33)26(27(18)34)29(41)38-22-9-11-25(39-14-12-20(35)13-15-39)23(16-22)28(40)37-21-7-5-19(32)6-8-21/h4-11,16,20H,12-15,17,32H2,1-3H3,(H,36,42)(H,37,40)(H,38,41). The Morgan fingerprint density at radius 3 is 2.19 bits per heavy atom. The molecule has 3 amide bonds. The van der Waals surface area contributed by atoms with Gasteiger partial charge in [0, 0.05) is 42.1 Å². The maximum atomic E-state index is 13.9.